The summed E-state index contributed by atoms with van der Waals surface area (Å²) in [5, 5.41) is 11.6. The molecule has 0 aliphatic rings. The highest BCUT2D eigenvalue weighted by atomic mass is 16.6. The van der Waals surface area contributed by atoms with E-state index in [0.29, 0.717) is 12.2 Å². The Hall–Kier alpha value is -2.24. The molecule has 2 N–H and O–H groups in total. The molecule has 1 atom stereocenters. The minimum Gasteiger partial charge on any atom is -0.497 e. The van der Waals surface area contributed by atoms with Crippen molar-refractivity contribution in [1.29, 1.82) is 0 Å². The lowest BCUT2D eigenvalue weighted by molar-refractivity contribution is -0.139. The molecule has 1 aromatic rings. The van der Waals surface area contributed by atoms with Crippen LogP contribution in [0.1, 0.15) is 32.8 Å². The molecule has 0 heterocycles. The third-order valence-electron chi connectivity index (χ3n) is 2.84. The van der Waals surface area contributed by atoms with E-state index in [0.717, 1.165) is 5.56 Å². The lowest BCUT2D eigenvalue weighted by Gasteiger charge is -2.22. The number of aryl methyl sites for hydroxylation is 1. The van der Waals surface area contributed by atoms with Crippen molar-refractivity contribution in [1.82, 2.24) is 5.32 Å². The van der Waals surface area contributed by atoms with Gasteiger partial charge in [0.2, 0.25) is 0 Å². The summed E-state index contributed by atoms with van der Waals surface area (Å²) in [6.07, 6.45) is 0.0386. The summed E-state index contributed by atoms with van der Waals surface area (Å²) >= 11 is 0. The number of alkyl carbamates (subject to hydrolysis) is 1. The number of nitrogens with one attached hydrogen (secondary N) is 1. The fourth-order valence-corrected chi connectivity index (χ4v) is 1.85. The molecule has 0 fully saturated rings. The predicted octanol–water partition coefficient (Wildman–Crippen LogP) is 2.61. The van der Waals surface area contributed by atoms with Gasteiger partial charge in [0.25, 0.3) is 0 Å². The molecule has 1 amide bonds. The first-order chi connectivity index (χ1) is 10.2. The zero-order chi connectivity index (χ0) is 16.8. The zero-order valence-electron chi connectivity index (χ0n) is 13.4. The molecule has 0 saturated heterocycles. The van der Waals surface area contributed by atoms with Gasteiger partial charge in [0.15, 0.2) is 0 Å². The molecule has 0 aliphatic carbocycles. The first kappa shape index (κ1) is 17.8. The molecule has 22 heavy (non-hydrogen) atoms. The molecule has 0 aliphatic heterocycles. The van der Waals surface area contributed by atoms with E-state index < -0.39 is 23.7 Å². The second kappa shape index (κ2) is 7.68. The van der Waals surface area contributed by atoms with E-state index in [1.807, 2.05) is 24.3 Å². The van der Waals surface area contributed by atoms with Crippen LogP contribution in [0.25, 0.3) is 0 Å². The number of carbonyl (C=O) groups is 2. The summed E-state index contributed by atoms with van der Waals surface area (Å²) in [5.41, 5.74) is 0.275. The molecule has 0 spiro atoms. The maximum absolute atomic E-state index is 11.7. The average Bonchev–Trinajstić information content (AvgIpc) is 2.41. The van der Waals surface area contributed by atoms with E-state index in [-0.39, 0.29) is 6.42 Å². The smallest absolute Gasteiger partial charge is 0.408 e. The van der Waals surface area contributed by atoms with Gasteiger partial charge in [-0.25, -0.2) is 9.59 Å². The van der Waals surface area contributed by atoms with Gasteiger partial charge < -0.3 is 19.9 Å². The summed E-state index contributed by atoms with van der Waals surface area (Å²) in [7, 11) is 1.57. The number of carboxylic acid groups (broad SMARTS) is 1. The molecule has 0 unspecified atom stereocenters. The Labute approximate surface area is 130 Å². The summed E-state index contributed by atoms with van der Waals surface area (Å²) in [4.78, 5) is 22.9. The van der Waals surface area contributed by atoms with E-state index in [1.165, 1.54) is 0 Å². The Morgan fingerprint density at radius 2 is 2.00 bits per heavy atom. The number of benzene rings is 1. The predicted molar refractivity (Wildman–Crippen MR) is 82.1 cm³/mol. The highest BCUT2D eigenvalue weighted by Gasteiger charge is 2.23. The van der Waals surface area contributed by atoms with Crippen LogP contribution >= 0.6 is 0 Å². The van der Waals surface area contributed by atoms with Gasteiger partial charge in [-0.05, 0) is 51.3 Å². The van der Waals surface area contributed by atoms with Crippen LogP contribution in [0.5, 0.6) is 5.75 Å². The Morgan fingerprint density at radius 1 is 1.32 bits per heavy atom. The minimum absolute atomic E-state index is 0.266. The van der Waals surface area contributed by atoms with Gasteiger partial charge in [-0.1, -0.05) is 12.1 Å². The van der Waals surface area contributed by atoms with Crippen LogP contribution in [0, 0.1) is 0 Å². The van der Waals surface area contributed by atoms with E-state index in [9.17, 15) is 14.7 Å². The van der Waals surface area contributed by atoms with Crippen LogP contribution < -0.4 is 10.1 Å². The van der Waals surface area contributed by atoms with Crippen molar-refractivity contribution < 1.29 is 24.2 Å². The van der Waals surface area contributed by atoms with Crippen LogP contribution in [-0.2, 0) is 16.0 Å². The van der Waals surface area contributed by atoms with Crippen molar-refractivity contribution in [2.75, 3.05) is 7.11 Å². The summed E-state index contributed by atoms with van der Waals surface area (Å²) in [6.45, 7) is 5.16. The fourth-order valence-electron chi connectivity index (χ4n) is 1.85. The highest BCUT2D eigenvalue weighted by Crippen LogP contribution is 2.15. The molecular weight excluding hydrogens is 286 g/mol. The molecule has 6 heteroatoms. The first-order valence-corrected chi connectivity index (χ1v) is 7.06. The quantitative estimate of drug-likeness (QED) is 0.843. The Bertz CT molecular complexity index is 522. The van der Waals surface area contributed by atoms with Crippen molar-refractivity contribution in [3.05, 3.63) is 29.8 Å². The van der Waals surface area contributed by atoms with Crippen LogP contribution in [0.4, 0.5) is 4.79 Å². The molecule has 0 saturated carbocycles. The van der Waals surface area contributed by atoms with Gasteiger partial charge in [-0.15, -0.1) is 0 Å². The summed E-state index contributed by atoms with van der Waals surface area (Å²) in [5.74, 6) is -0.377. The third kappa shape index (κ3) is 6.47. The molecule has 1 rings (SSSR count). The Morgan fingerprint density at radius 3 is 2.55 bits per heavy atom. The summed E-state index contributed by atoms with van der Waals surface area (Å²) in [6, 6.07) is 6.38. The third-order valence-corrected chi connectivity index (χ3v) is 2.84. The monoisotopic (exact) mass is 309 g/mol. The molecule has 0 radical (unpaired) electrons. The lowest BCUT2D eigenvalue weighted by atomic mass is 10.1. The van der Waals surface area contributed by atoms with E-state index >= 15 is 0 Å². The molecule has 0 bridgehead atoms. The topological polar surface area (TPSA) is 84.9 Å². The van der Waals surface area contributed by atoms with Crippen LogP contribution in [-0.4, -0.2) is 35.9 Å². The number of ether oxygens (including phenoxy) is 2. The lowest BCUT2D eigenvalue weighted by Crippen LogP contribution is -2.43. The molecule has 0 aromatic heterocycles. The molecule has 6 nitrogen and oxygen atoms in total. The number of amides is 1. The van der Waals surface area contributed by atoms with E-state index in [2.05, 4.69) is 5.32 Å². The van der Waals surface area contributed by atoms with Gasteiger partial charge in [-0.3, -0.25) is 0 Å². The van der Waals surface area contributed by atoms with Crippen molar-refractivity contribution in [2.45, 2.75) is 45.3 Å². The number of hydrogen-bond acceptors (Lipinski definition) is 4. The second-order valence-electron chi connectivity index (χ2n) is 5.93. The minimum atomic E-state index is -1.09. The van der Waals surface area contributed by atoms with Crippen LogP contribution in [0.2, 0.25) is 0 Å². The van der Waals surface area contributed by atoms with Crippen molar-refractivity contribution in [3.63, 3.8) is 0 Å². The number of carboxylic acids is 1. The van der Waals surface area contributed by atoms with Crippen molar-refractivity contribution in [2.24, 2.45) is 0 Å². The van der Waals surface area contributed by atoms with E-state index in [1.54, 1.807) is 27.9 Å². The largest absolute Gasteiger partial charge is 0.497 e. The maximum Gasteiger partial charge on any atom is 0.408 e. The number of rotatable bonds is 6. The van der Waals surface area contributed by atoms with Crippen molar-refractivity contribution in [3.8, 4) is 5.75 Å². The van der Waals surface area contributed by atoms with Crippen LogP contribution in [0.3, 0.4) is 0 Å². The van der Waals surface area contributed by atoms with Gasteiger partial charge >= 0.3 is 12.1 Å². The molecular formula is C16H23NO5. The average molecular weight is 309 g/mol. The maximum atomic E-state index is 11.7. The van der Waals surface area contributed by atoms with Gasteiger partial charge in [0, 0.05) is 0 Å². The highest BCUT2D eigenvalue weighted by molar-refractivity contribution is 5.80. The molecule has 122 valence electrons. The van der Waals surface area contributed by atoms with E-state index in [4.69, 9.17) is 9.47 Å². The number of hydrogen-bond donors (Lipinski definition) is 2. The van der Waals surface area contributed by atoms with Crippen LogP contribution in [0.15, 0.2) is 24.3 Å². The normalized spacial score (nSPS) is 12.4. The zero-order valence-corrected chi connectivity index (χ0v) is 13.4. The van der Waals surface area contributed by atoms with Gasteiger partial charge in [-0.2, -0.15) is 0 Å². The Balaban J connectivity index is 2.61. The van der Waals surface area contributed by atoms with Gasteiger partial charge in [0.1, 0.15) is 17.4 Å². The number of aliphatic carboxylic acids is 1. The van der Waals surface area contributed by atoms with Crippen molar-refractivity contribution >= 4 is 12.1 Å². The van der Waals surface area contributed by atoms with Gasteiger partial charge in [0.05, 0.1) is 7.11 Å². The SMILES string of the molecule is COc1cccc(CC[C@H](NC(=O)OC(C)(C)C)C(=O)O)c1. The Kier molecular flexibility index (Phi) is 6.22. The number of methoxy groups -OCH3 is 1. The standard InChI is InChI=1S/C16H23NO5/c1-16(2,3)22-15(20)17-13(14(18)19)9-8-11-6-5-7-12(10-11)21-4/h5-7,10,13H,8-9H2,1-4H3,(H,17,20)(H,18,19)/t13-/m0/s1. The fraction of sp³-hybridized carbons (Fsp3) is 0.500. The molecule has 1 aromatic carbocycles. The first-order valence-electron chi connectivity index (χ1n) is 7.06. The summed E-state index contributed by atoms with van der Waals surface area (Å²) < 4.78 is 10.2. The number of carbonyl (C=O) groups excluding carboxylic acids is 1. The second-order valence-corrected chi connectivity index (χ2v) is 5.93.